The van der Waals surface area contributed by atoms with Crippen molar-refractivity contribution in [3.8, 4) is 0 Å². The topological polar surface area (TPSA) is 134 Å². The van der Waals surface area contributed by atoms with Crippen molar-refractivity contribution < 1.29 is 37.6 Å². The number of nitrogens with two attached hydrogens (primary N) is 1. The fourth-order valence-corrected chi connectivity index (χ4v) is 5.71. The normalized spacial score (nSPS) is 14.3. The summed E-state index contributed by atoms with van der Waals surface area (Å²) in [7, 11) is -4.40. The van der Waals surface area contributed by atoms with Gasteiger partial charge in [0, 0.05) is 19.4 Å². The molecular formula is C45H74NO8P. The predicted molar refractivity (Wildman–Crippen MR) is 228 cm³/mol. The molecular weight excluding hydrogens is 713 g/mol. The summed E-state index contributed by atoms with van der Waals surface area (Å²) in [5.41, 5.74) is 5.33. The molecule has 0 rings (SSSR count). The highest BCUT2D eigenvalue weighted by Gasteiger charge is 2.25. The summed E-state index contributed by atoms with van der Waals surface area (Å²) in [6, 6.07) is 0. The summed E-state index contributed by atoms with van der Waals surface area (Å²) in [5.74, 6) is -0.955. The van der Waals surface area contributed by atoms with Gasteiger partial charge in [-0.15, -0.1) is 0 Å². The Kier molecular flexibility index (Phi) is 38.3. The van der Waals surface area contributed by atoms with Crippen LogP contribution in [0.3, 0.4) is 0 Å². The Labute approximate surface area is 334 Å². The molecule has 9 nitrogen and oxygen atoms in total. The largest absolute Gasteiger partial charge is 0.472 e. The maximum Gasteiger partial charge on any atom is 0.472 e. The van der Waals surface area contributed by atoms with E-state index in [0.29, 0.717) is 12.8 Å². The number of carbonyl (C=O) groups is 2. The van der Waals surface area contributed by atoms with E-state index in [2.05, 4.69) is 98.9 Å². The number of carbonyl (C=O) groups excluding carboxylic acids is 2. The number of allylic oxidation sites excluding steroid dienone is 16. The summed E-state index contributed by atoms with van der Waals surface area (Å²) in [4.78, 5) is 34.8. The lowest BCUT2D eigenvalue weighted by atomic mass is 10.1. The molecule has 0 aromatic carbocycles. The Bertz CT molecular complexity index is 1220. The first-order valence-corrected chi connectivity index (χ1v) is 22.2. The van der Waals surface area contributed by atoms with E-state index in [0.717, 1.165) is 77.0 Å². The molecule has 55 heavy (non-hydrogen) atoms. The molecule has 0 aliphatic rings. The van der Waals surface area contributed by atoms with Crippen LogP contribution in [0.15, 0.2) is 97.2 Å². The van der Waals surface area contributed by atoms with Crippen LogP contribution in [-0.2, 0) is 32.7 Å². The van der Waals surface area contributed by atoms with Gasteiger partial charge in [0.05, 0.1) is 13.2 Å². The standard InChI is InChI=1S/C45H74NO8P/c1-3-5-7-9-11-13-15-17-19-20-21-22-24-25-27-29-31-33-35-37-44(47)51-41-43(42-53-55(49,50)52-40-39-46)54-45(48)38-36-34-32-30-28-26-23-18-16-14-12-10-8-6-4-2/h5,7,11,13-14,16-19,21-23,25,27,31,33,43H,3-4,6,8-10,12,15,20,24,26,28-30,32,34-42,46H2,1-2H3,(H,49,50)/b7-5+,13-11+,16-14+,19-17+,22-21+,23-18+,27-25+,33-31+/t43-/m1/s1. The van der Waals surface area contributed by atoms with E-state index in [1.807, 2.05) is 12.2 Å². The number of hydrogen-bond acceptors (Lipinski definition) is 8. The Morgan fingerprint density at radius 3 is 1.64 bits per heavy atom. The van der Waals surface area contributed by atoms with Crippen molar-refractivity contribution in [2.24, 2.45) is 5.73 Å². The van der Waals surface area contributed by atoms with E-state index in [4.69, 9.17) is 24.3 Å². The van der Waals surface area contributed by atoms with Crippen molar-refractivity contribution in [2.75, 3.05) is 26.4 Å². The number of phosphoric ester groups is 1. The zero-order valence-electron chi connectivity index (χ0n) is 34.1. The molecule has 0 aromatic heterocycles. The zero-order chi connectivity index (χ0) is 40.3. The maximum atomic E-state index is 12.6. The quantitative estimate of drug-likeness (QED) is 0.0207. The molecule has 0 aromatic rings. The van der Waals surface area contributed by atoms with Crippen LogP contribution in [0.25, 0.3) is 0 Å². The highest BCUT2D eigenvalue weighted by molar-refractivity contribution is 7.47. The van der Waals surface area contributed by atoms with Gasteiger partial charge >= 0.3 is 19.8 Å². The SMILES string of the molecule is CC/C=C/C/C=C/C/C=C/C/C=C/C/C=C/C/C=C/CCC(=O)OC[C@H](COP(=O)(O)OCCN)OC(=O)CCCCCCC/C=C/C=C/CCCCCC. The lowest BCUT2D eigenvalue weighted by Crippen LogP contribution is -2.29. The smallest absolute Gasteiger partial charge is 0.462 e. The molecule has 0 heterocycles. The van der Waals surface area contributed by atoms with Gasteiger partial charge in [0.2, 0.25) is 0 Å². The first-order valence-electron chi connectivity index (χ1n) is 20.7. The monoisotopic (exact) mass is 788 g/mol. The van der Waals surface area contributed by atoms with Gasteiger partial charge < -0.3 is 20.1 Å². The highest BCUT2D eigenvalue weighted by atomic mass is 31.2. The highest BCUT2D eigenvalue weighted by Crippen LogP contribution is 2.43. The number of phosphoric acid groups is 1. The van der Waals surface area contributed by atoms with E-state index >= 15 is 0 Å². The second-order valence-electron chi connectivity index (χ2n) is 13.1. The Balaban J connectivity index is 4.36. The van der Waals surface area contributed by atoms with E-state index in [9.17, 15) is 19.0 Å². The molecule has 0 aliphatic carbocycles. The summed E-state index contributed by atoms with van der Waals surface area (Å²) in [5, 5.41) is 0. The fraction of sp³-hybridized carbons (Fsp3) is 0.600. The predicted octanol–water partition coefficient (Wildman–Crippen LogP) is 11.8. The molecule has 3 N–H and O–H groups in total. The van der Waals surface area contributed by atoms with Crippen LogP contribution in [0, 0.1) is 0 Å². The summed E-state index contributed by atoms with van der Waals surface area (Å²) >= 11 is 0. The van der Waals surface area contributed by atoms with Crippen LogP contribution in [0.1, 0.15) is 142 Å². The first-order chi connectivity index (χ1) is 26.8. The molecule has 312 valence electrons. The average molecular weight is 788 g/mol. The number of esters is 2. The van der Waals surface area contributed by atoms with E-state index in [-0.39, 0.29) is 32.6 Å². The van der Waals surface area contributed by atoms with Crippen molar-refractivity contribution in [3.63, 3.8) is 0 Å². The molecule has 0 radical (unpaired) electrons. The van der Waals surface area contributed by atoms with Crippen LogP contribution in [0.5, 0.6) is 0 Å². The van der Waals surface area contributed by atoms with E-state index in [1.54, 1.807) is 0 Å². The van der Waals surface area contributed by atoms with Gasteiger partial charge in [0.15, 0.2) is 6.10 Å². The van der Waals surface area contributed by atoms with Gasteiger partial charge in [-0.2, -0.15) is 0 Å². The summed E-state index contributed by atoms with van der Waals surface area (Å²) in [6.07, 6.45) is 51.6. The molecule has 10 heteroatoms. The zero-order valence-corrected chi connectivity index (χ0v) is 35.0. The Morgan fingerprint density at radius 1 is 0.582 bits per heavy atom. The van der Waals surface area contributed by atoms with E-state index < -0.39 is 32.5 Å². The molecule has 0 fully saturated rings. The van der Waals surface area contributed by atoms with Crippen molar-refractivity contribution in [3.05, 3.63) is 97.2 Å². The molecule has 0 bridgehead atoms. The minimum atomic E-state index is -4.40. The van der Waals surface area contributed by atoms with Crippen LogP contribution in [0.4, 0.5) is 0 Å². The molecule has 0 spiro atoms. The van der Waals surface area contributed by atoms with Crippen LogP contribution in [-0.4, -0.2) is 49.3 Å². The second kappa shape index (κ2) is 40.6. The summed E-state index contributed by atoms with van der Waals surface area (Å²) in [6.45, 7) is 3.46. The summed E-state index contributed by atoms with van der Waals surface area (Å²) < 4.78 is 32.6. The molecule has 0 saturated carbocycles. The van der Waals surface area contributed by atoms with Crippen LogP contribution >= 0.6 is 7.82 Å². The van der Waals surface area contributed by atoms with Gasteiger partial charge in [-0.25, -0.2) is 4.57 Å². The van der Waals surface area contributed by atoms with Crippen molar-refractivity contribution in [1.82, 2.24) is 0 Å². The average Bonchev–Trinajstić information content (AvgIpc) is 3.17. The number of ether oxygens (including phenoxy) is 2. The first kappa shape index (κ1) is 51.9. The molecule has 0 saturated heterocycles. The van der Waals surface area contributed by atoms with Crippen LogP contribution < -0.4 is 5.73 Å². The fourth-order valence-electron chi connectivity index (χ4n) is 4.94. The molecule has 2 atom stereocenters. The number of hydrogen-bond donors (Lipinski definition) is 2. The number of rotatable bonds is 37. The third kappa shape index (κ3) is 40.4. The van der Waals surface area contributed by atoms with Crippen LogP contribution in [0.2, 0.25) is 0 Å². The van der Waals surface area contributed by atoms with Crippen molar-refractivity contribution in [1.29, 1.82) is 0 Å². The van der Waals surface area contributed by atoms with Gasteiger partial charge in [-0.1, -0.05) is 150 Å². The third-order valence-corrected chi connectivity index (χ3v) is 8.98. The van der Waals surface area contributed by atoms with Gasteiger partial charge in [0.1, 0.15) is 6.61 Å². The Morgan fingerprint density at radius 2 is 1.09 bits per heavy atom. The second-order valence-corrected chi connectivity index (χ2v) is 14.6. The lowest BCUT2D eigenvalue weighted by Gasteiger charge is -2.19. The van der Waals surface area contributed by atoms with Gasteiger partial charge in [0.25, 0.3) is 0 Å². The maximum absolute atomic E-state index is 12.6. The van der Waals surface area contributed by atoms with Crippen molar-refractivity contribution >= 4 is 19.8 Å². The Hall–Kier alpha value is -3.07. The molecule has 0 aliphatic heterocycles. The van der Waals surface area contributed by atoms with Gasteiger partial charge in [-0.3, -0.25) is 18.6 Å². The van der Waals surface area contributed by atoms with E-state index in [1.165, 1.54) is 25.7 Å². The molecule has 1 unspecified atom stereocenters. The molecule has 0 amide bonds. The van der Waals surface area contributed by atoms with Gasteiger partial charge in [-0.05, 0) is 77.0 Å². The number of unbranched alkanes of at least 4 members (excludes halogenated alkanes) is 9. The minimum Gasteiger partial charge on any atom is -0.462 e. The van der Waals surface area contributed by atoms with Crippen molar-refractivity contribution in [2.45, 2.75) is 148 Å². The lowest BCUT2D eigenvalue weighted by molar-refractivity contribution is -0.161. The minimum absolute atomic E-state index is 0.0357. The third-order valence-electron chi connectivity index (χ3n) is 8.00.